The Morgan fingerprint density at radius 2 is 1.36 bits per heavy atom. The van der Waals surface area contributed by atoms with Crippen LogP contribution in [0, 0.1) is 23.7 Å². The Bertz CT molecular complexity index is 1210. The zero-order chi connectivity index (χ0) is 37.4. The van der Waals surface area contributed by atoms with Crippen LogP contribution in [0.1, 0.15) is 98.8 Å². The van der Waals surface area contributed by atoms with Crippen molar-refractivity contribution >= 4 is 52.3 Å². The monoisotopic (exact) mass is 727 g/mol. The molecule has 50 heavy (non-hydrogen) atoms. The van der Waals surface area contributed by atoms with Gasteiger partial charge >= 0.3 is 12.1 Å². The van der Waals surface area contributed by atoms with E-state index in [9.17, 15) is 42.9 Å². The van der Waals surface area contributed by atoms with Crippen molar-refractivity contribution in [3.63, 3.8) is 0 Å². The molecule has 1 aliphatic heterocycles. The van der Waals surface area contributed by atoms with Crippen LogP contribution in [0.2, 0.25) is 0 Å². The highest BCUT2D eigenvalue weighted by molar-refractivity contribution is 7.85. The Kier molecular flexibility index (Phi) is 18.4. The fourth-order valence-electron chi connectivity index (χ4n) is 6.23. The van der Waals surface area contributed by atoms with E-state index < -0.39 is 88.9 Å². The first-order valence-electron chi connectivity index (χ1n) is 17.9. The molecule has 0 bridgehead atoms. The van der Waals surface area contributed by atoms with Crippen LogP contribution in [-0.4, -0.2) is 99.6 Å². The van der Waals surface area contributed by atoms with Gasteiger partial charge in [-0.25, -0.2) is 9.59 Å². The molecule has 6 N–H and O–H groups in total. The second-order valence-corrected chi connectivity index (χ2v) is 15.9. The van der Waals surface area contributed by atoms with Crippen molar-refractivity contribution in [3.05, 3.63) is 0 Å². The summed E-state index contributed by atoms with van der Waals surface area (Å²) in [4.78, 5) is 90.2. The van der Waals surface area contributed by atoms with Gasteiger partial charge in [-0.3, -0.25) is 28.2 Å². The van der Waals surface area contributed by atoms with E-state index in [4.69, 9.17) is 4.74 Å². The maximum Gasteiger partial charge on any atom is 0.407 e. The molecule has 0 aromatic heterocycles. The molecule has 1 heterocycles. The van der Waals surface area contributed by atoms with Crippen molar-refractivity contribution in [3.8, 4) is 0 Å². The highest BCUT2D eigenvalue weighted by atomic mass is 32.2. The number of ketones is 1. The standard InChI is InChI=1S/C34H57N5O10S/c1-6-10-24(29(41)32(44)35-18-26(40)38-28(33(45)46)23-13-15-50(48)16-14-23)36-30(42)25(17-20(2)3)37-31(43)27(22-11-8-7-9-12-22)39-34(47)49-19-21(4)5/h20-25,27-28H,6-19H2,1-5H3,(H,35,44)(H,36,42)(H,37,43)(H,38,40)(H,39,47)(H,45,46)/t23?,24?,25-,27-,28-,50?/m0/s1. The van der Waals surface area contributed by atoms with Crippen LogP contribution >= 0.6 is 0 Å². The summed E-state index contributed by atoms with van der Waals surface area (Å²) in [5.41, 5.74) is 0. The lowest BCUT2D eigenvalue weighted by atomic mass is 9.83. The number of ether oxygens (including phenoxy) is 1. The lowest BCUT2D eigenvalue weighted by Crippen LogP contribution is -2.58. The molecule has 5 amide bonds. The zero-order valence-corrected chi connectivity index (χ0v) is 30.9. The summed E-state index contributed by atoms with van der Waals surface area (Å²) in [5, 5.41) is 22.3. The maximum absolute atomic E-state index is 13.7. The fraction of sp³-hybridized carbons (Fsp3) is 0.794. The summed E-state index contributed by atoms with van der Waals surface area (Å²) in [6.07, 6.45) is 5.05. The number of nitrogens with one attached hydrogen (secondary N) is 5. The number of carbonyl (C=O) groups is 7. The third-order valence-corrected chi connectivity index (χ3v) is 10.3. The van der Waals surface area contributed by atoms with Crippen molar-refractivity contribution in [2.45, 2.75) is 123 Å². The van der Waals surface area contributed by atoms with E-state index in [-0.39, 0.29) is 37.2 Å². The molecule has 1 saturated heterocycles. The number of hydrogen-bond donors (Lipinski definition) is 6. The van der Waals surface area contributed by atoms with Gasteiger partial charge in [0.25, 0.3) is 5.91 Å². The normalized spacial score (nSPS) is 20.5. The van der Waals surface area contributed by atoms with Crippen LogP contribution in [0.3, 0.4) is 0 Å². The molecule has 0 spiro atoms. The van der Waals surface area contributed by atoms with Crippen LogP contribution in [0.15, 0.2) is 0 Å². The van der Waals surface area contributed by atoms with Crippen molar-refractivity contribution in [1.82, 2.24) is 26.6 Å². The Balaban J connectivity index is 2.08. The van der Waals surface area contributed by atoms with E-state index in [0.717, 1.165) is 32.1 Å². The number of carbonyl (C=O) groups excluding carboxylic acids is 6. The highest BCUT2D eigenvalue weighted by Gasteiger charge is 2.36. The Hall–Kier alpha value is -3.56. The van der Waals surface area contributed by atoms with Gasteiger partial charge in [0.15, 0.2) is 0 Å². The average Bonchev–Trinajstić information content (AvgIpc) is 3.07. The summed E-state index contributed by atoms with van der Waals surface area (Å²) < 4.78 is 16.9. The maximum atomic E-state index is 13.7. The van der Waals surface area contributed by atoms with Gasteiger partial charge in [-0.05, 0) is 62.2 Å². The minimum atomic E-state index is -1.25. The molecule has 16 heteroatoms. The molecular formula is C34H57N5O10S. The molecule has 0 aromatic carbocycles. The second kappa shape index (κ2) is 21.6. The summed E-state index contributed by atoms with van der Waals surface area (Å²) in [5.74, 6) is -5.23. The fourth-order valence-corrected chi connectivity index (χ4v) is 7.56. The van der Waals surface area contributed by atoms with Crippen LogP contribution in [0.5, 0.6) is 0 Å². The van der Waals surface area contributed by atoms with Gasteiger partial charge in [0.2, 0.25) is 23.5 Å². The van der Waals surface area contributed by atoms with Crippen molar-refractivity contribution < 1.29 is 47.6 Å². The Labute approximate surface area is 297 Å². The number of Topliss-reactive ketones (excluding diaryl/α,β-unsaturated/α-hetero) is 1. The summed E-state index contributed by atoms with van der Waals surface area (Å²) in [7, 11) is -1.02. The number of carboxylic acids is 1. The SMILES string of the molecule is CCCC(NC(=O)[C@H](CC(C)C)NC(=O)[C@@H](NC(=O)OCC(C)C)C1CCCCC1)C(=O)C(=O)NCC(=O)N[C@H](C(=O)O)C1CCS(=O)CC1. The Morgan fingerprint density at radius 3 is 1.92 bits per heavy atom. The minimum Gasteiger partial charge on any atom is -0.480 e. The average molecular weight is 728 g/mol. The van der Waals surface area contributed by atoms with Crippen molar-refractivity contribution in [1.29, 1.82) is 0 Å². The number of aliphatic carboxylic acids is 1. The second-order valence-electron chi connectivity index (χ2n) is 14.2. The quantitative estimate of drug-likeness (QED) is 0.105. The van der Waals surface area contributed by atoms with Crippen LogP contribution in [0.4, 0.5) is 4.79 Å². The number of amides is 5. The van der Waals surface area contributed by atoms with Crippen molar-refractivity contribution in [2.24, 2.45) is 23.7 Å². The van der Waals surface area contributed by atoms with Crippen molar-refractivity contribution in [2.75, 3.05) is 24.7 Å². The van der Waals surface area contributed by atoms with E-state index in [0.29, 0.717) is 30.8 Å². The smallest absolute Gasteiger partial charge is 0.407 e. The highest BCUT2D eigenvalue weighted by Crippen LogP contribution is 2.27. The first kappa shape index (κ1) is 42.6. The molecule has 284 valence electrons. The molecule has 1 unspecified atom stereocenters. The molecule has 0 aromatic rings. The number of hydrogen-bond acceptors (Lipinski definition) is 9. The van der Waals surface area contributed by atoms with Crippen LogP contribution < -0.4 is 26.6 Å². The summed E-state index contributed by atoms with van der Waals surface area (Å²) in [6, 6.07) is -4.49. The van der Waals surface area contributed by atoms with Gasteiger partial charge in [0, 0.05) is 22.3 Å². The molecule has 4 atom stereocenters. The zero-order valence-electron chi connectivity index (χ0n) is 30.0. The van der Waals surface area contributed by atoms with Gasteiger partial charge in [-0.15, -0.1) is 0 Å². The predicted molar refractivity (Wildman–Crippen MR) is 186 cm³/mol. The van der Waals surface area contributed by atoms with Crippen LogP contribution in [0.25, 0.3) is 0 Å². The van der Waals surface area contributed by atoms with Gasteiger partial charge < -0.3 is 36.4 Å². The van der Waals surface area contributed by atoms with E-state index in [1.807, 2.05) is 27.7 Å². The number of carboxylic acid groups (broad SMARTS) is 1. The van der Waals surface area contributed by atoms with Gasteiger partial charge in [0.1, 0.15) is 18.1 Å². The molecular weight excluding hydrogens is 670 g/mol. The van der Waals surface area contributed by atoms with Crippen LogP contribution in [-0.2, 0) is 44.3 Å². The van der Waals surface area contributed by atoms with E-state index in [1.165, 1.54) is 0 Å². The molecule has 1 saturated carbocycles. The van der Waals surface area contributed by atoms with Gasteiger partial charge in [0.05, 0.1) is 19.2 Å². The topological polar surface area (TPSA) is 226 Å². The van der Waals surface area contributed by atoms with E-state index in [2.05, 4.69) is 26.6 Å². The van der Waals surface area contributed by atoms with E-state index >= 15 is 0 Å². The molecule has 15 nitrogen and oxygen atoms in total. The number of rotatable bonds is 19. The first-order chi connectivity index (χ1) is 23.6. The summed E-state index contributed by atoms with van der Waals surface area (Å²) >= 11 is 0. The molecule has 0 radical (unpaired) electrons. The van der Waals surface area contributed by atoms with Gasteiger partial charge in [-0.2, -0.15) is 0 Å². The number of alkyl carbamates (subject to hydrolysis) is 1. The van der Waals surface area contributed by atoms with Gasteiger partial charge in [-0.1, -0.05) is 60.3 Å². The third kappa shape index (κ3) is 14.7. The first-order valence-corrected chi connectivity index (χ1v) is 19.3. The predicted octanol–water partition coefficient (Wildman–Crippen LogP) is 1.55. The lowest BCUT2D eigenvalue weighted by molar-refractivity contribution is -0.144. The third-order valence-electron chi connectivity index (χ3n) is 8.90. The largest absolute Gasteiger partial charge is 0.480 e. The lowest BCUT2D eigenvalue weighted by Gasteiger charge is -2.31. The minimum absolute atomic E-state index is 0.0457. The molecule has 1 aliphatic carbocycles. The summed E-state index contributed by atoms with van der Waals surface area (Å²) in [6.45, 7) is 8.80. The Morgan fingerprint density at radius 1 is 0.760 bits per heavy atom. The molecule has 2 fully saturated rings. The molecule has 2 rings (SSSR count). The van der Waals surface area contributed by atoms with E-state index in [1.54, 1.807) is 6.92 Å². The molecule has 2 aliphatic rings.